The van der Waals surface area contributed by atoms with Gasteiger partial charge < -0.3 is 10.1 Å². The number of benzene rings is 2. The molecule has 0 fully saturated rings. The Labute approximate surface area is 172 Å². The second kappa shape index (κ2) is 8.05. The number of aryl methyl sites for hydroxylation is 1. The molecule has 1 N–H and O–H groups in total. The average molecular weight is 412 g/mol. The molecule has 29 heavy (non-hydrogen) atoms. The van der Waals surface area contributed by atoms with Crippen LogP contribution in [0, 0.1) is 12.7 Å². The van der Waals surface area contributed by atoms with Crippen LogP contribution in [0.25, 0.3) is 11.0 Å². The van der Waals surface area contributed by atoms with E-state index in [0.29, 0.717) is 30.1 Å². The fourth-order valence-electron chi connectivity index (χ4n) is 3.02. The van der Waals surface area contributed by atoms with E-state index < -0.39 is 0 Å². The first-order valence-electron chi connectivity index (χ1n) is 9.04. The van der Waals surface area contributed by atoms with Crippen LogP contribution < -0.4 is 10.1 Å². The number of nitrogens with zero attached hydrogens (tertiary/aromatic N) is 4. The number of halogens is 2. The Hall–Kier alpha value is -3.19. The van der Waals surface area contributed by atoms with Crippen LogP contribution in [0.1, 0.15) is 16.7 Å². The molecule has 4 rings (SSSR count). The number of aromatic nitrogens is 4. The second-order valence-corrected chi connectivity index (χ2v) is 7.00. The van der Waals surface area contributed by atoms with Gasteiger partial charge in [-0.15, -0.1) is 0 Å². The molecule has 0 bridgehead atoms. The van der Waals surface area contributed by atoms with E-state index in [9.17, 15) is 4.39 Å². The lowest BCUT2D eigenvalue weighted by molar-refractivity contribution is 0.414. The maximum atomic E-state index is 13.9. The van der Waals surface area contributed by atoms with Crippen LogP contribution in [0.5, 0.6) is 5.75 Å². The summed E-state index contributed by atoms with van der Waals surface area (Å²) >= 11 is 6.14. The Bertz CT molecular complexity index is 1160. The fraction of sp³-hybridized carbons (Fsp3) is 0.190. The van der Waals surface area contributed by atoms with Gasteiger partial charge in [-0.2, -0.15) is 15.1 Å². The summed E-state index contributed by atoms with van der Waals surface area (Å²) in [5.74, 6) is 1.15. The van der Waals surface area contributed by atoms with Crippen LogP contribution in [0.4, 0.5) is 10.2 Å². The predicted molar refractivity (Wildman–Crippen MR) is 111 cm³/mol. The van der Waals surface area contributed by atoms with E-state index in [4.69, 9.17) is 16.3 Å². The molecule has 0 unspecified atom stereocenters. The molecule has 4 aromatic rings. The minimum atomic E-state index is -0.242. The Morgan fingerprint density at radius 2 is 1.86 bits per heavy atom. The zero-order valence-electron chi connectivity index (χ0n) is 16.0. The molecule has 0 amide bonds. The summed E-state index contributed by atoms with van der Waals surface area (Å²) in [6.07, 6.45) is 1.69. The van der Waals surface area contributed by atoms with Gasteiger partial charge in [0.05, 0.1) is 25.2 Å². The number of hydrogen-bond donors (Lipinski definition) is 1. The van der Waals surface area contributed by atoms with Crippen molar-refractivity contribution in [2.24, 2.45) is 0 Å². The fourth-order valence-corrected chi connectivity index (χ4v) is 3.18. The molecule has 2 heterocycles. The normalized spacial score (nSPS) is 11.0. The summed E-state index contributed by atoms with van der Waals surface area (Å²) in [5, 5.41) is 8.55. The van der Waals surface area contributed by atoms with Gasteiger partial charge in [-0.05, 0) is 53.4 Å². The molecule has 0 atom stereocenters. The third-order valence-electron chi connectivity index (χ3n) is 4.66. The van der Waals surface area contributed by atoms with Crippen molar-refractivity contribution in [2.75, 3.05) is 12.4 Å². The van der Waals surface area contributed by atoms with Crippen molar-refractivity contribution in [3.8, 4) is 5.75 Å². The van der Waals surface area contributed by atoms with Crippen molar-refractivity contribution >= 4 is 28.5 Å². The first-order chi connectivity index (χ1) is 14.0. The van der Waals surface area contributed by atoms with Gasteiger partial charge in [-0.3, -0.25) is 0 Å². The number of fused-ring (bicyclic) bond motifs is 1. The van der Waals surface area contributed by atoms with Crippen LogP contribution >= 0.6 is 11.6 Å². The summed E-state index contributed by atoms with van der Waals surface area (Å²) in [5.41, 5.74) is 3.05. The van der Waals surface area contributed by atoms with Crippen LogP contribution in [0.3, 0.4) is 0 Å². The molecule has 0 aliphatic rings. The van der Waals surface area contributed by atoms with Gasteiger partial charge >= 0.3 is 0 Å². The van der Waals surface area contributed by atoms with Crippen molar-refractivity contribution in [2.45, 2.75) is 20.0 Å². The van der Waals surface area contributed by atoms with Crippen molar-refractivity contribution < 1.29 is 9.13 Å². The van der Waals surface area contributed by atoms with E-state index in [0.717, 1.165) is 22.3 Å². The maximum Gasteiger partial charge on any atom is 0.226 e. The Morgan fingerprint density at radius 1 is 1.10 bits per heavy atom. The van der Waals surface area contributed by atoms with E-state index in [-0.39, 0.29) is 11.1 Å². The molecule has 2 aromatic carbocycles. The van der Waals surface area contributed by atoms with Crippen LogP contribution in [-0.2, 0) is 13.1 Å². The summed E-state index contributed by atoms with van der Waals surface area (Å²) in [7, 11) is 1.63. The standard InChI is InChI=1S/C21H19ClFN5O/c1-13-3-4-15(9-18(13)23)12-28-20-17(11-25-28)19(26-21(22)27-20)24-10-14-5-7-16(29-2)8-6-14/h3-9,11H,10,12H2,1-2H3,(H,24,26,27). The Balaban J connectivity index is 1.59. The third kappa shape index (κ3) is 4.14. The topological polar surface area (TPSA) is 64.9 Å². The minimum Gasteiger partial charge on any atom is -0.497 e. The van der Waals surface area contributed by atoms with Crippen molar-refractivity contribution in [1.29, 1.82) is 0 Å². The maximum absolute atomic E-state index is 13.9. The molecule has 0 aliphatic carbocycles. The van der Waals surface area contributed by atoms with E-state index in [1.807, 2.05) is 30.3 Å². The number of anilines is 1. The largest absolute Gasteiger partial charge is 0.497 e. The van der Waals surface area contributed by atoms with E-state index in [1.165, 1.54) is 6.07 Å². The SMILES string of the molecule is COc1ccc(CNc2nc(Cl)nc3c2cnn3Cc2ccc(C)c(F)c2)cc1. The van der Waals surface area contributed by atoms with Gasteiger partial charge in [0.25, 0.3) is 0 Å². The molecular weight excluding hydrogens is 393 g/mol. The second-order valence-electron chi connectivity index (χ2n) is 6.67. The first kappa shape index (κ1) is 19.1. The molecule has 6 nitrogen and oxygen atoms in total. The summed E-state index contributed by atoms with van der Waals surface area (Å²) in [6, 6.07) is 12.9. The number of hydrogen-bond acceptors (Lipinski definition) is 5. The zero-order chi connectivity index (χ0) is 20.4. The highest BCUT2D eigenvalue weighted by atomic mass is 35.5. The highest BCUT2D eigenvalue weighted by Gasteiger charge is 2.13. The number of methoxy groups -OCH3 is 1. The Kier molecular flexibility index (Phi) is 5.31. The van der Waals surface area contributed by atoms with Gasteiger partial charge in [-0.25, -0.2) is 9.07 Å². The monoisotopic (exact) mass is 411 g/mol. The van der Waals surface area contributed by atoms with E-state index in [2.05, 4.69) is 20.4 Å². The molecule has 0 saturated carbocycles. The number of ether oxygens (including phenoxy) is 1. The zero-order valence-corrected chi connectivity index (χ0v) is 16.7. The lowest BCUT2D eigenvalue weighted by atomic mass is 10.1. The third-order valence-corrected chi connectivity index (χ3v) is 4.83. The van der Waals surface area contributed by atoms with Crippen LogP contribution in [-0.4, -0.2) is 26.9 Å². The van der Waals surface area contributed by atoms with Crippen LogP contribution in [0.2, 0.25) is 5.28 Å². The lowest BCUT2D eigenvalue weighted by Crippen LogP contribution is -2.06. The van der Waals surface area contributed by atoms with Crippen LogP contribution in [0.15, 0.2) is 48.7 Å². The predicted octanol–water partition coefficient (Wildman–Crippen LogP) is 4.60. The number of rotatable bonds is 6. The summed E-state index contributed by atoms with van der Waals surface area (Å²) in [6.45, 7) is 2.67. The van der Waals surface area contributed by atoms with Crippen molar-refractivity contribution in [3.63, 3.8) is 0 Å². The van der Waals surface area contributed by atoms with Gasteiger partial charge in [0.2, 0.25) is 5.28 Å². The molecule has 0 aliphatic heterocycles. The molecular formula is C21H19ClFN5O. The number of nitrogens with one attached hydrogen (secondary N) is 1. The molecule has 0 radical (unpaired) electrons. The summed E-state index contributed by atoms with van der Waals surface area (Å²) in [4.78, 5) is 8.62. The summed E-state index contributed by atoms with van der Waals surface area (Å²) < 4.78 is 20.7. The highest BCUT2D eigenvalue weighted by molar-refractivity contribution is 6.28. The molecule has 148 valence electrons. The molecule has 8 heteroatoms. The van der Waals surface area contributed by atoms with Gasteiger partial charge in [0.1, 0.15) is 17.4 Å². The highest BCUT2D eigenvalue weighted by Crippen LogP contribution is 2.24. The molecule has 2 aromatic heterocycles. The van der Waals surface area contributed by atoms with Crippen molar-refractivity contribution in [3.05, 3.63) is 76.5 Å². The van der Waals surface area contributed by atoms with E-state index >= 15 is 0 Å². The quantitative estimate of drug-likeness (QED) is 0.470. The Morgan fingerprint density at radius 3 is 2.59 bits per heavy atom. The van der Waals surface area contributed by atoms with Gasteiger partial charge in [0, 0.05) is 6.54 Å². The minimum absolute atomic E-state index is 0.117. The average Bonchev–Trinajstić information content (AvgIpc) is 3.12. The van der Waals surface area contributed by atoms with Gasteiger partial charge in [0.15, 0.2) is 5.65 Å². The van der Waals surface area contributed by atoms with Crippen molar-refractivity contribution in [1.82, 2.24) is 19.7 Å². The molecule has 0 saturated heterocycles. The molecule has 0 spiro atoms. The smallest absolute Gasteiger partial charge is 0.226 e. The van der Waals surface area contributed by atoms with E-state index in [1.54, 1.807) is 31.0 Å². The van der Waals surface area contributed by atoms with Gasteiger partial charge in [-0.1, -0.05) is 24.3 Å². The first-order valence-corrected chi connectivity index (χ1v) is 9.42. The lowest BCUT2D eigenvalue weighted by Gasteiger charge is -2.09.